The Bertz CT molecular complexity index is 389. The van der Waals surface area contributed by atoms with E-state index in [0.29, 0.717) is 6.04 Å². The van der Waals surface area contributed by atoms with Crippen LogP contribution in [0, 0.1) is 0 Å². The van der Waals surface area contributed by atoms with Crippen molar-refractivity contribution >= 4 is 31.9 Å². The minimum Gasteiger partial charge on any atom is -0.311 e. The monoisotopic (exact) mass is 374 g/mol. The van der Waals surface area contributed by atoms with Crippen LogP contribution in [0.3, 0.4) is 0 Å². The smallest absolute Gasteiger partial charge is 0.0320 e. The molecule has 1 aromatic carbocycles. The van der Waals surface area contributed by atoms with Crippen molar-refractivity contribution in [2.24, 2.45) is 0 Å². The maximum absolute atomic E-state index is 3.55. The van der Waals surface area contributed by atoms with Gasteiger partial charge in [0.05, 0.1) is 0 Å². The van der Waals surface area contributed by atoms with Crippen LogP contribution in [0.5, 0.6) is 0 Å². The highest BCUT2D eigenvalue weighted by Crippen LogP contribution is 2.23. The molecule has 1 aromatic rings. The van der Waals surface area contributed by atoms with E-state index in [0.717, 1.165) is 22.0 Å². The summed E-state index contributed by atoms with van der Waals surface area (Å²) < 4.78 is 2.23. The minimum atomic E-state index is 0.645. The molecule has 0 radical (unpaired) electrons. The summed E-state index contributed by atoms with van der Waals surface area (Å²) in [7, 11) is 0. The Kier molecular flexibility index (Phi) is 5.67. The van der Waals surface area contributed by atoms with Crippen LogP contribution in [0.4, 0.5) is 0 Å². The van der Waals surface area contributed by atoms with Gasteiger partial charge in [0.25, 0.3) is 0 Å². The van der Waals surface area contributed by atoms with Crippen LogP contribution in [0.2, 0.25) is 0 Å². The Morgan fingerprint density at radius 3 is 2.61 bits per heavy atom. The van der Waals surface area contributed by atoms with E-state index in [1.807, 2.05) is 0 Å². The third kappa shape index (κ3) is 4.05. The van der Waals surface area contributed by atoms with E-state index in [1.165, 1.54) is 31.5 Å². The van der Waals surface area contributed by atoms with Crippen molar-refractivity contribution in [3.05, 3.63) is 32.7 Å². The minimum absolute atomic E-state index is 0.645. The molecule has 2 nitrogen and oxygen atoms in total. The zero-order chi connectivity index (χ0) is 13.0. The molecule has 1 heterocycles. The summed E-state index contributed by atoms with van der Waals surface area (Å²) in [6.07, 6.45) is 2.73. The highest BCUT2D eigenvalue weighted by molar-refractivity contribution is 9.13. The molecular weight excluding hydrogens is 356 g/mol. The van der Waals surface area contributed by atoms with Crippen molar-refractivity contribution in [3.8, 4) is 0 Å². The van der Waals surface area contributed by atoms with Gasteiger partial charge in [-0.15, -0.1) is 0 Å². The molecule has 0 aliphatic carbocycles. The van der Waals surface area contributed by atoms with E-state index in [1.54, 1.807) is 0 Å². The number of benzene rings is 1. The highest BCUT2D eigenvalue weighted by atomic mass is 79.9. The third-order valence-corrected chi connectivity index (χ3v) is 5.40. The largest absolute Gasteiger partial charge is 0.311 e. The molecular formula is C14H20Br2N2. The molecule has 0 amide bonds. The molecule has 1 N–H and O–H groups in total. The molecule has 1 fully saturated rings. The highest BCUT2D eigenvalue weighted by Gasteiger charge is 2.17. The van der Waals surface area contributed by atoms with E-state index in [-0.39, 0.29) is 0 Å². The maximum atomic E-state index is 3.55. The first-order valence-electron chi connectivity index (χ1n) is 6.55. The Labute approximate surface area is 126 Å². The quantitative estimate of drug-likeness (QED) is 0.842. The first kappa shape index (κ1) is 14.5. The molecule has 0 saturated carbocycles. The predicted octanol–water partition coefficient (Wildman–Crippen LogP) is 3.79. The van der Waals surface area contributed by atoms with Gasteiger partial charge in [-0.25, -0.2) is 0 Å². The van der Waals surface area contributed by atoms with E-state index in [2.05, 4.69) is 67.2 Å². The van der Waals surface area contributed by atoms with Gasteiger partial charge in [0, 0.05) is 28.1 Å². The average molecular weight is 376 g/mol. The van der Waals surface area contributed by atoms with Crippen molar-refractivity contribution in [2.45, 2.75) is 32.4 Å². The van der Waals surface area contributed by atoms with Crippen LogP contribution in [-0.2, 0) is 6.54 Å². The molecule has 1 aliphatic rings. The Morgan fingerprint density at radius 2 is 1.94 bits per heavy atom. The molecule has 18 heavy (non-hydrogen) atoms. The molecule has 0 aromatic heterocycles. The van der Waals surface area contributed by atoms with Crippen LogP contribution < -0.4 is 5.32 Å². The van der Waals surface area contributed by atoms with Gasteiger partial charge in [0.1, 0.15) is 0 Å². The fourth-order valence-corrected chi connectivity index (χ4v) is 3.06. The molecule has 4 heteroatoms. The molecule has 100 valence electrons. The first-order valence-corrected chi connectivity index (χ1v) is 8.14. The number of nitrogens with zero attached hydrogens (tertiary/aromatic N) is 1. The lowest BCUT2D eigenvalue weighted by molar-refractivity contribution is 0.251. The van der Waals surface area contributed by atoms with Gasteiger partial charge < -0.3 is 5.32 Å². The Hall–Kier alpha value is 0.1000. The van der Waals surface area contributed by atoms with Crippen molar-refractivity contribution in [1.29, 1.82) is 0 Å². The van der Waals surface area contributed by atoms with Gasteiger partial charge in [-0.05, 0) is 82.4 Å². The summed E-state index contributed by atoms with van der Waals surface area (Å²) in [5.41, 5.74) is 1.32. The number of hydrogen-bond acceptors (Lipinski definition) is 2. The number of nitrogens with one attached hydrogen (secondary N) is 1. The van der Waals surface area contributed by atoms with Gasteiger partial charge in [-0.1, -0.05) is 6.07 Å². The van der Waals surface area contributed by atoms with Crippen LogP contribution in [0.1, 0.15) is 25.3 Å². The van der Waals surface area contributed by atoms with Crippen molar-refractivity contribution < 1.29 is 0 Å². The number of halogens is 2. The Morgan fingerprint density at radius 1 is 1.22 bits per heavy atom. The second kappa shape index (κ2) is 7.04. The lowest BCUT2D eigenvalue weighted by Gasteiger charge is -2.24. The molecule has 2 rings (SSSR count). The van der Waals surface area contributed by atoms with Crippen LogP contribution in [0.25, 0.3) is 0 Å². The second-order valence-corrected chi connectivity index (χ2v) is 6.68. The second-order valence-electron chi connectivity index (χ2n) is 4.97. The average Bonchev–Trinajstić information content (AvgIpc) is 2.87. The van der Waals surface area contributed by atoms with Gasteiger partial charge in [0.2, 0.25) is 0 Å². The molecule has 0 bridgehead atoms. The van der Waals surface area contributed by atoms with Crippen molar-refractivity contribution in [2.75, 3.05) is 19.6 Å². The van der Waals surface area contributed by atoms with Gasteiger partial charge in [-0.3, -0.25) is 4.90 Å². The summed E-state index contributed by atoms with van der Waals surface area (Å²) in [5.74, 6) is 0. The fraction of sp³-hybridized carbons (Fsp3) is 0.571. The topological polar surface area (TPSA) is 15.3 Å². The first-order chi connectivity index (χ1) is 8.66. The third-order valence-electron chi connectivity index (χ3n) is 3.52. The number of hydrogen-bond donors (Lipinski definition) is 1. The fourth-order valence-electron chi connectivity index (χ4n) is 2.39. The van der Waals surface area contributed by atoms with E-state index < -0.39 is 0 Å². The number of likely N-dealkylation sites (tertiary alicyclic amines) is 1. The number of rotatable bonds is 5. The van der Waals surface area contributed by atoms with Crippen molar-refractivity contribution in [1.82, 2.24) is 10.2 Å². The summed E-state index contributed by atoms with van der Waals surface area (Å²) in [6.45, 7) is 6.85. The van der Waals surface area contributed by atoms with Crippen LogP contribution in [-0.4, -0.2) is 30.6 Å². The normalized spacial score (nSPS) is 18.2. The summed E-state index contributed by atoms with van der Waals surface area (Å²) >= 11 is 7.03. The van der Waals surface area contributed by atoms with E-state index in [4.69, 9.17) is 0 Å². The molecule has 1 saturated heterocycles. The summed E-state index contributed by atoms with van der Waals surface area (Å²) in [4.78, 5) is 2.57. The van der Waals surface area contributed by atoms with E-state index in [9.17, 15) is 0 Å². The maximum Gasteiger partial charge on any atom is 0.0320 e. The molecule has 1 aliphatic heterocycles. The van der Waals surface area contributed by atoms with Gasteiger partial charge in [0.15, 0.2) is 0 Å². The molecule has 0 spiro atoms. The van der Waals surface area contributed by atoms with E-state index >= 15 is 0 Å². The summed E-state index contributed by atoms with van der Waals surface area (Å²) in [5, 5.41) is 3.55. The molecule has 1 atom stereocenters. The van der Waals surface area contributed by atoms with Crippen LogP contribution >= 0.6 is 31.9 Å². The zero-order valence-corrected chi connectivity index (χ0v) is 13.9. The lowest BCUT2D eigenvalue weighted by Crippen LogP contribution is -2.38. The lowest BCUT2D eigenvalue weighted by atomic mass is 10.2. The SMILES string of the molecule is CC(CNCc1ccc(Br)c(Br)c1)N1CCCC1. The Balaban J connectivity index is 1.75. The van der Waals surface area contributed by atoms with Crippen molar-refractivity contribution in [3.63, 3.8) is 0 Å². The van der Waals surface area contributed by atoms with Gasteiger partial charge >= 0.3 is 0 Å². The van der Waals surface area contributed by atoms with Gasteiger partial charge in [-0.2, -0.15) is 0 Å². The predicted molar refractivity (Wildman–Crippen MR) is 83.8 cm³/mol. The standard InChI is InChI=1S/C14H20Br2N2/c1-11(18-6-2-3-7-18)9-17-10-12-4-5-13(15)14(16)8-12/h4-5,8,11,17H,2-3,6-7,9-10H2,1H3. The zero-order valence-electron chi connectivity index (χ0n) is 10.8. The summed E-state index contributed by atoms with van der Waals surface area (Å²) in [6, 6.07) is 7.05. The van der Waals surface area contributed by atoms with Crippen LogP contribution in [0.15, 0.2) is 27.1 Å². The molecule has 1 unspecified atom stereocenters.